The minimum atomic E-state index is -1.53. The van der Waals surface area contributed by atoms with Crippen molar-refractivity contribution < 1.29 is 106 Å². The number of ether oxygens (including phenoxy) is 7. The van der Waals surface area contributed by atoms with Crippen LogP contribution in [-0.4, -0.2) is 251 Å². The molecule has 0 aliphatic rings. The minimum Gasteiger partial charge on any atom is -0.481 e. The highest BCUT2D eigenvalue weighted by atomic mass is 32.2. The van der Waals surface area contributed by atoms with Gasteiger partial charge in [0.2, 0.25) is 23.6 Å². The molecule has 0 radical (unpaired) electrons. The molecule has 0 fully saturated rings. The molecular formula is C50H79N7O22S. The van der Waals surface area contributed by atoms with Crippen LogP contribution in [0.2, 0.25) is 0 Å². The molecule has 1 rings (SSSR count). The lowest BCUT2D eigenvalue weighted by atomic mass is 9.97. The van der Waals surface area contributed by atoms with Crippen LogP contribution in [0.15, 0.2) is 30.3 Å². The van der Waals surface area contributed by atoms with Crippen molar-refractivity contribution in [3.8, 4) is 0 Å². The number of carbonyl (C=O) groups excluding carboxylic acids is 7. The second kappa shape index (κ2) is 43.3. The van der Waals surface area contributed by atoms with Gasteiger partial charge in [-0.2, -0.15) is 11.8 Å². The monoisotopic (exact) mass is 1160 g/mol. The highest BCUT2D eigenvalue weighted by Crippen LogP contribution is 2.16. The molecule has 452 valence electrons. The van der Waals surface area contributed by atoms with Crippen molar-refractivity contribution in [1.82, 2.24) is 36.4 Å². The first kappa shape index (κ1) is 71.5. The van der Waals surface area contributed by atoms with E-state index in [0.29, 0.717) is 33.0 Å². The van der Waals surface area contributed by atoms with E-state index in [1.54, 1.807) is 30.5 Å². The third kappa shape index (κ3) is 32.5. The van der Waals surface area contributed by atoms with Crippen LogP contribution in [0.3, 0.4) is 0 Å². The van der Waals surface area contributed by atoms with Gasteiger partial charge in [-0.3, -0.25) is 38.4 Å². The second-order valence-corrected chi connectivity index (χ2v) is 18.4. The van der Waals surface area contributed by atoms with Gasteiger partial charge in [-0.1, -0.05) is 30.3 Å². The largest absolute Gasteiger partial charge is 0.481 e. The van der Waals surface area contributed by atoms with Crippen molar-refractivity contribution in [1.29, 1.82) is 0 Å². The van der Waals surface area contributed by atoms with E-state index in [1.165, 1.54) is 32.9 Å². The molecule has 0 heterocycles. The van der Waals surface area contributed by atoms with Crippen molar-refractivity contribution in [3.63, 3.8) is 0 Å². The first-order chi connectivity index (χ1) is 38.2. The maximum Gasteiger partial charge on any atom is 0.327 e. The fraction of sp³-hybridized carbons (Fsp3) is 0.660. The van der Waals surface area contributed by atoms with Crippen molar-refractivity contribution in [2.24, 2.45) is 0 Å². The Hall–Kier alpha value is -6.54. The summed E-state index contributed by atoms with van der Waals surface area (Å²) < 4.78 is 37.4. The standard InChI is InChI=1S/C50H79N7O22S/c1-51-35(46(66)56(2)38(31-45(64)65)47(67)57(3)39(32-80-4)49(70)71)10-12-40(59)37(30-34-8-6-5-7-9-34)53-42(61)16-18-73-20-22-75-24-26-77-28-29-78-27-25-76-23-21-74-19-17-52-41(60)13-11-36(48(68)69)54-50(72)55-43(79-33-58)14-15-44(62)63/h5-9,33,35-39,43,51H,10-32H2,1-4H3,(H,52,60)(H,53,61)(H,62,63)(H,64,65)(H,68,69)(H,70,71)(H2,54,55,72)/t35-,36-,37-,38?,39-,43+/m0/s1. The van der Waals surface area contributed by atoms with Crippen molar-refractivity contribution >= 4 is 77.6 Å². The van der Waals surface area contributed by atoms with E-state index in [1.807, 2.05) is 6.07 Å². The number of carboxylic acid groups (broad SMARTS) is 4. The summed E-state index contributed by atoms with van der Waals surface area (Å²) in [4.78, 5) is 136. The normalized spacial score (nSPS) is 13.2. The number of carbonyl (C=O) groups is 11. The van der Waals surface area contributed by atoms with Crippen LogP contribution >= 0.6 is 11.8 Å². The Kier molecular flexibility index (Phi) is 38.7. The second-order valence-electron chi connectivity index (χ2n) is 17.5. The summed E-state index contributed by atoms with van der Waals surface area (Å²) in [6, 6.07) is 1.73. The smallest absolute Gasteiger partial charge is 0.327 e. The van der Waals surface area contributed by atoms with Gasteiger partial charge in [0.1, 0.15) is 18.1 Å². The number of nitrogens with zero attached hydrogens (tertiary/aromatic N) is 2. The fourth-order valence-corrected chi connectivity index (χ4v) is 7.84. The number of Topliss-reactive ketones (excluding diaryl/α,β-unsaturated/α-hetero) is 1. The minimum absolute atomic E-state index is 0.0123. The van der Waals surface area contributed by atoms with Gasteiger partial charge in [0.25, 0.3) is 6.47 Å². The lowest BCUT2D eigenvalue weighted by Crippen LogP contribution is -2.56. The lowest BCUT2D eigenvalue weighted by molar-refractivity contribution is -0.154. The topological polar surface area (TPSA) is 400 Å². The van der Waals surface area contributed by atoms with E-state index in [4.69, 9.17) is 33.5 Å². The van der Waals surface area contributed by atoms with E-state index >= 15 is 0 Å². The number of amides is 6. The Bertz CT molecular complexity index is 2060. The van der Waals surface area contributed by atoms with Crippen LogP contribution < -0.4 is 26.6 Å². The molecule has 30 heteroatoms. The summed E-state index contributed by atoms with van der Waals surface area (Å²) in [6.07, 6.45) is -1.72. The van der Waals surface area contributed by atoms with Gasteiger partial charge in [-0.15, -0.1) is 0 Å². The zero-order chi connectivity index (χ0) is 59.7. The highest BCUT2D eigenvalue weighted by Gasteiger charge is 2.38. The molecule has 0 saturated carbocycles. The van der Waals surface area contributed by atoms with Crippen molar-refractivity contribution in [2.45, 2.75) is 94.2 Å². The third-order valence-electron chi connectivity index (χ3n) is 11.5. The molecule has 0 saturated heterocycles. The Morgan fingerprint density at radius 2 is 1.11 bits per heavy atom. The molecule has 6 atom stereocenters. The Morgan fingerprint density at radius 3 is 1.61 bits per heavy atom. The average molecular weight is 1160 g/mol. The summed E-state index contributed by atoms with van der Waals surface area (Å²) >= 11 is 1.18. The van der Waals surface area contributed by atoms with Gasteiger partial charge >= 0.3 is 29.9 Å². The number of hydrogen-bond acceptors (Lipinski definition) is 20. The molecular weight excluding hydrogens is 1080 g/mol. The van der Waals surface area contributed by atoms with Crippen molar-refractivity contribution in [2.75, 3.05) is 119 Å². The number of nitrogens with one attached hydrogen (secondary N) is 5. The molecule has 9 N–H and O–H groups in total. The van der Waals surface area contributed by atoms with Crippen LogP contribution in [0.25, 0.3) is 0 Å². The first-order valence-corrected chi connectivity index (χ1v) is 27.0. The highest BCUT2D eigenvalue weighted by molar-refractivity contribution is 7.98. The van der Waals surface area contributed by atoms with Crippen molar-refractivity contribution in [3.05, 3.63) is 35.9 Å². The van der Waals surface area contributed by atoms with E-state index in [0.717, 1.165) is 15.4 Å². The van der Waals surface area contributed by atoms with Crippen LogP contribution in [0.4, 0.5) is 4.79 Å². The fourth-order valence-electron chi connectivity index (χ4n) is 7.16. The Labute approximate surface area is 468 Å². The van der Waals surface area contributed by atoms with E-state index in [9.17, 15) is 68.1 Å². The Balaban J connectivity index is 2.30. The number of rotatable bonds is 49. The molecule has 29 nitrogen and oxygen atoms in total. The molecule has 0 aliphatic heterocycles. The van der Waals surface area contributed by atoms with Crippen LogP contribution in [0.5, 0.6) is 0 Å². The molecule has 1 unspecified atom stereocenters. The number of ketones is 1. The average Bonchev–Trinajstić information content (AvgIpc) is 3.41. The zero-order valence-electron chi connectivity index (χ0n) is 45.6. The number of urea groups is 1. The maximum absolute atomic E-state index is 13.7. The van der Waals surface area contributed by atoms with Gasteiger partial charge in [-0.25, -0.2) is 14.4 Å². The Morgan fingerprint density at radius 1 is 0.575 bits per heavy atom. The van der Waals surface area contributed by atoms with Crippen LogP contribution in [0.1, 0.15) is 56.9 Å². The zero-order valence-corrected chi connectivity index (χ0v) is 46.4. The third-order valence-corrected chi connectivity index (χ3v) is 12.2. The van der Waals surface area contributed by atoms with E-state index in [2.05, 4.69) is 31.3 Å². The summed E-state index contributed by atoms with van der Waals surface area (Å²) in [6.45, 7) is 3.07. The van der Waals surface area contributed by atoms with Crippen LogP contribution in [-0.2, 0) is 87.5 Å². The SMILES string of the molecule is CN[C@@H](CCC(=O)[C@H](Cc1ccccc1)NC(=O)CCOCCOCCOCCOCCOCCOCCNC(=O)CC[C@H](NC(=O)N[C@@H](CCC(=O)O)OC=O)C(=O)O)C(=O)N(C)C(CC(=O)O)C(=O)N(C)[C@@H](CSC)C(=O)O. The number of thioether (sulfide) groups is 1. The summed E-state index contributed by atoms with van der Waals surface area (Å²) in [5.41, 5.74) is 0.777. The summed E-state index contributed by atoms with van der Waals surface area (Å²) in [5.74, 6) is -8.11. The quantitative estimate of drug-likeness (QED) is 0.0209. The molecule has 0 bridgehead atoms. The van der Waals surface area contributed by atoms with E-state index in [-0.39, 0.29) is 116 Å². The number of carboxylic acids is 4. The van der Waals surface area contributed by atoms with Gasteiger partial charge in [0.05, 0.1) is 104 Å². The predicted molar refractivity (Wildman–Crippen MR) is 283 cm³/mol. The molecule has 80 heavy (non-hydrogen) atoms. The molecule has 0 spiro atoms. The summed E-state index contributed by atoms with van der Waals surface area (Å²) in [5, 5.41) is 49.9. The van der Waals surface area contributed by atoms with Gasteiger partial charge < -0.3 is 90.0 Å². The molecule has 0 aromatic heterocycles. The number of benzene rings is 1. The van der Waals surface area contributed by atoms with E-state index < -0.39 is 103 Å². The van der Waals surface area contributed by atoms with Gasteiger partial charge in [0.15, 0.2) is 12.0 Å². The molecule has 1 aromatic carbocycles. The van der Waals surface area contributed by atoms with Gasteiger partial charge in [-0.05, 0) is 38.1 Å². The molecule has 6 amide bonds. The first-order valence-electron chi connectivity index (χ1n) is 25.6. The predicted octanol–water partition coefficient (Wildman–Crippen LogP) is -1.27. The lowest BCUT2D eigenvalue weighted by Gasteiger charge is -2.34. The van der Waals surface area contributed by atoms with Gasteiger partial charge in [0, 0.05) is 52.1 Å². The maximum atomic E-state index is 13.7. The van der Waals surface area contributed by atoms with Crippen LogP contribution in [0, 0.1) is 0 Å². The molecule has 1 aromatic rings. The molecule has 0 aliphatic carbocycles. The number of hydrogen-bond donors (Lipinski definition) is 9. The number of aliphatic carboxylic acids is 4. The number of likely N-dealkylation sites (N-methyl/N-ethyl adjacent to an activating group) is 3. The summed E-state index contributed by atoms with van der Waals surface area (Å²) in [7, 11) is 3.95.